The van der Waals surface area contributed by atoms with Crippen molar-refractivity contribution < 1.29 is 18.0 Å². The smallest absolute Gasteiger partial charge is 0.288 e. The van der Waals surface area contributed by atoms with E-state index in [9.17, 15) is 18.0 Å². The average Bonchev–Trinajstić information content (AvgIpc) is 2.51. The molecule has 0 fully saturated rings. The fourth-order valence-corrected chi connectivity index (χ4v) is 1.19. The molecule has 1 aromatic heterocycles. The summed E-state index contributed by atoms with van der Waals surface area (Å²) in [7, 11) is 0. The van der Waals surface area contributed by atoms with Gasteiger partial charge in [-0.05, 0) is 0 Å². The molecule has 0 atom stereocenters. The summed E-state index contributed by atoms with van der Waals surface area (Å²) in [5.74, 6) is -1.12. The lowest BCUT2D eigenvalue weighted by Crippen LogP contribution is -2.18. The van der Waals surface area contributed by atoms with Crippen molar-refractivity contribution in [3.63, 3.8) is 0 Å². The number of Topliss-reactive ketones (excluding diaryl/α,β-unsaturated/α-hetero) is 1. The van der Waals surface area contributed by atoms with Crippen molar-refractivity contribution >= 4 is 17.1 Å². The highest BCUT2D eigenvalue weighted by atomic mass is 32.1. The van der Waals surface area contributed by atoms with Gasteiger partial charge in [0.05, 0.1) is 16.0 Å². The number of hydrogen-bond acceptors (Lipinski definition) is 3. The number of halogens is 3. The van der Waals surface area contributed by atoms with Crippen LogP contribution in [0.1, 0.15) is 9.67 Å². The highest BCUT2D eigenvalue weighted by Crippen LogP contribution is 2.27. The van der Waals surface area contributed by atoms with Crippen LogP contribution in [-0.4, -0.2) is 16.9 Å². The number of alkyl halides is 3. The average molecular weight is 207 g/mol. The second kappa shape index (κ2) is 3.29. The van der Waals surface area contributed by atoms with E-state index in [2.05, 4.69) is 11.6 Å². The van der Waals surface area contributed by atoms with Gasteiger partial charge in [0.25, 0.3) is 0 Å². The van der Waals surface area contributed by atoms with Crippen LogP contribution in [0.25, 0.3) is 0 Å². The first-order valence-corrected chi connectivity index (χ1v) is 4.00. The lowest BCUT2D eigenvalue weighted by molar-refractivity contribution is -0.0883. The van der Waals surface area contributed by atoms with Crippen molar-refractivity contribution in [3.05, 3.63) is 28.7 Å². The second-order valence-electron chi connectivity index (χ2n) is 2.17. The van der Waals surface area contributed by atoms with Crippen LogP contribution in [0.15, 0.2) is 23.9 Å². The maximum Gasteiger partial charge on any atom is 0.419 e. The zero-order valence-electron chi connectivity index (χ0n) is 6.26. The molecule has 0 aliphatic carbocycles. The SMILES string of the molecule is C=C(C(=O)c1cncs1)C(F)(F)F. The van der Waals surface area contributed by atoms with E-state index in [1.807, 2.05) is 0 Å². The van der Waals surface area contributed by atoms with E-state index in [-0.39, 0.29) is 4.88 Å². The van der Waals surface area contributed by atoms with E-state index < -0.39 is 17.5 Å². The maximum atomic E-state index is 12.0. The molecule has 0 unspecified atom stereocenters. The topological polar surface area (TPSA) is 30.0 Å². The first-order valence-electron chi connectivity index (χ1n) is 3.12. The molecule has 0 bridgehead atoms. The number of carbonyl (C=O) groups excluding carboxylic acids is 1. The summed E-state index contributed by atoms with van der Waals surface area (Å²) >= 11 is 0.854. The molecule has 1 rings (SSSR count). The highest BCUT2D eigenvalue weighted by molar-refractivity contribution is 7.11. The van der Waals surface area contributed by atoms with E-state index in [1.54, 1.807) is 0 Å². The Hall–Kier alpha value is -1.17. The summed E-state index contributed by atoms with van der Waals surface area (Å²) in [5.41, 5.74) is -0.0755. The fourth-order valence-electron chi connectivity index (χ4n) is 0.605. The fraction of sp³-hybridized carbons (Fsp3) is 0.143. The molecule has 2 nitrogen and oxygen atoms in total. The van der Waals surface area contributed by atoms with E-state index in [4.69, 9.17) is 0 Å². The van der Waals surface area contributed by atoms with Crippen LogP contribution < -0.4 is 0 Å². The molecule has 1 aromatic rings. The lowest BCUT2D eigenvalue weighted by atomic mass is 10.2. The number of thiazole rings is 1. The van der Waals surface area contributed by atoms with Crippen LogP contribution in [0.4, 0.5) is 13.2 Å². The number of ketones is 1. The van der Waals surface area contributed by atoms with Gasteiger partial charge >= 0.3 is 6.18 Å². The molecule has 0 N–H and O–H groups in total. The third-order valence-corrected chi connectivity index (χ3v) is 2.04. The van der Waals surface area contributed by atoms with Gasteiger partial charge in [-0.15, -0.1) is 11.3 Å². The summed E-state index contributed by atoms with van der Waals surface area (Å²) in [6.45, 7) is 2.69. The Morgan fingerprint density at radius 1 is 1.54 bits per heavy atom. The molecule has 0 aliphatic rings. The number of aromatic nitrogens is 1. The number of hydrogen-bond donors (Lipinski definition) is 0. The largest absolute Gasteiger partial charge is 0.419 e. The highest BCUT2D eigenvalue weighted by Gasteiger charge is 2.37. The molecule has 70 valence electrons. The third kappa shape index (κ3) is 2.15. The van der Waals surface area contributed by atoms with Crippen LogP contribution in [0, 0.1) is 0 Å². The number of allylic oxidation sites excluding steroid dienone is 1. The van der Waals surface area contributed by atoms with Crippen molar-refractivity contribution in [2.45, 2.75) is 6.18 Å². The van der Waals surface area contributed by atoms with Crippen molar-refractivity contribution in [3.8, 4) is 0 Å². The van der Waals surface area contributed by atoms with Gasteiger partial charge in [-0.1, -0.05) is 6.58 Å². The molecule has 0 spiro atoms. The van der Waals surface area contributed by atoms with Gasteiger partial charge < -0.3 is 0 Å². The molecule has 13 heavy (non-hydrogen) atoms. The van der Waals surface area contributed by atoms with Crippen LogP contribution in [0.5, 0.6) is 0 Å². The molecule has 0 radical (unpaired) electrons. The Morgan fingerprint density at radius 3 is 2.54 bits per heavy atom. The molecule has 0 aliphatic heterocycles. The van der Waals surface area contributed by atoms with Crippen LogP contribution in [-0.2, 0) is 0 Å². The number of nitrogens with zero attached hydrogens (tertiary/aromatic N) is 1. The Morgan fingerprint density at radius 2 is 2.15 bits per heavy atom. The van der Waals surface area contributed by atoms with Crippen molar-refractivity contribution in [2.24, 2.45) is 0 Å². The Bertz CT molecular complexity index is 328. The monoisotopic (exact) mass is 207 g/mol. The Kier molecular flexibility index (Phi) is 2.51. The molecule has 6 heteroatoms. The number of carbonyl (C=O) groups is 1. The van der Waals surface area contributed by atoms with Gasteiger partial charge in [-0.3, -0.25) is 9.78 Å². The van der Waals surface area contributed by atoms with E-state index in [0.29, 0.717) is 0 Å². The predicted molar refractivity (Wildman–Crippen MR) is 41.6 cm³/mol. The third-order valence-electron chi connectivity index (χ3n) is 1.27. The van der Waals surface area contributed by atoms with Crippen molar-refractivity contribution in [1.82, 2.24) is 4.98 Å². The van der Waals surface area contributed by atoms with Gasteiger partial charge in [0.1, 0.15) is 0 Å². The standard InChI is InChI=1S/C7H4F3NOS/c1-4(7(8,9)10)6(12)5-2-11-3-13-5/h2-3H,1H2. The zero-order chi connectivity index (χ0) is 10.1. The van der Waals surface area contributed by atoms with Gasteiger partial charge in [0.15, 0.2) is 0 Å². The second-order valence-corrected chi connectivity index (χ2v) is 3.06. The molecule has 1 heterocycles. The van der Waals surface area contributed by atoms with E-state index >= 15 is 0 Å². The minimum Gasteiger partial charge on any atom is -0.288 e. The maximum absolute atomic E-state index is 12.0. The molecule has 0 amide bonds. The van der Waals surface area contributed by atoms with Gasteiger partial charge in [0.2, 0.25) is 5.78 Å². The van der Waals surface area contributed by atoms with E-state index in [0.717, 1.165) is 17.5 Å². The minimum absolute atomic E-state index is 0.0534. The Balaban J connectivity index is 2.88. The van der Waals surface area contributed by atoms with Crippen molar-refractivity contribution in [1.29, 1.82) is 0 Å². The zero-order valence-corrected chi connectivity index (χ0v) is 7.08. The molecular weight excluding hydrogens is 203 g/mol. The van der Waals surface area contributed by atoms with Crippen LogP contribution in [0.2, 0.25) is 0 Å². The van der Waals surface area contributed by atoms with Gasteiger partial charge in [-0.2, -0.15) is 13.2 Å². The van der Waals surface area contributed by atoms with Gasteiger partial charge in [-0.25, -0.2) is 0 Å². The van der Waals surface area contributed by atoms with Crippen molar-refractivity contribution in [2.75, 3.05) is 0 Å². The summed E-state index contributed by atoms with van der Waals surface area (Å²) in [6, 6.07) is 0. The summed E-state index contributed by atoms with van der Waals surface area (Å²) in [6.07, 6.45) is -3.58. The summed E-state index contributed by atoms with van der Waals surface area (Å²) in [5, 5.41) is 0. The van der Waals surface area contributed by atoms with Crippen LogP contribution in [0.3, 0.4) is 0 Å². The first kappa shape index (κ1) is 9.91. The van der Waals surface area contributed by atoms with Crippen LogP contribution >= 0.6 is 11.3 Å². The first-order chi connectivity index (χ1) is 5.93. The quantitative estimate of drug-likeness (QED) is 0.550. The predicted octanol–water partition coefficient (Wildman–Crippen LogP) is 2.44. The summed E-state index contributed by atoms with van der Waals surface area (Å²) in [4.78, 5) is 14.4. The lowest BCUT2D eigenvalue weighted by Gasteiger charge is -2.06. The molecular formula is C7H4F3NOS. The molecule has 0 aromatic carbocycles. The Labute approximate surface area is 75.7 Å². The number of rotatable bonds is 2. The normalized spacial score (nSPS) is 11.3. The minimum atomic E-state index is -4.67. The molecule has 0 saturated heterocycles. The summed E-state index contributed by atoms with van der Waals surface area (Å²) < 4.78 is 35.9. The van der Waals surface area contributed by atoms with E-state index in [1.165, 1.54) is 5.51 Å². The molecule has 0 saturated carbocycles. The van der Waals surface area contributed by atoms with Gasteiger partial charge in [0, 0.05) is 6.20 Å².